The zero-order chi connectivity index (χ0) is 25.9. The van der Waals surface area contributed by atoms with E-state index in [9.17, 15) is 9.59 Å². The molecule has 2 aliphatic rings. The first kappa shape index (κ1) is 24.7. The summed E-state index contributed by atoms with van der Waals surface area (Å²) in [5, 5.41) is 0. The Labute approximate surface area is 220 Å². The molecule has 0 N–H and O–H groups in total. The number of amides is 2. The molecule has 1 aromatic heterocycles. The highest BCUT2D eigenvalue weighted by Crippen LogP contribution is 2.42. The first-order valence-corrected chi connectivity index (χ1v) is 12.8. The van der Waals surface area contributed by atoms with Crippen LogP contribution in [-0.4, -0.2) is 69.1 Å². The van der Waals surface area contributed by atoms with Crippen LogP contribution in [0.4, 0.5) is 11.5 Å². The molecule has 2 amide bonds. The first-order chi connectivity index (χ1) is 18.0. The summed E-state index contributed by atoms with van der Waals surface area (Å²) in [5.74, 6) is 2.01. The molecular weight excluding hydrogens is 488 g/mol. The fourth-order valence-corrected chi connectivity index (χ4v) is 5.58. The van der Waals surface area contributed by atoms with Gasteiger partial charge in [0.05, 0.1) is 24.8 Å². The van der Waals surface area contributed by atoms with Crippen molar-refractivity contribution in [2.24, 2.45) is 0 Å². The van der Waals surface area contributed by atoms with E-state index < -0.39 is 0 Å². The average Bonchev–Trinajstić information content (AvgIpc) is 2.95. The van der Waals surface area contributed by atoms with Gasteiger partial charge in [-0.2, -0.15) is 0 Å². The van der Waals surface area contributed by atoms with Crippen LogP contribution in [0.25, 0.3) is 6.08 Å². The van der Waals surface area contributed by atoms with Gasteiger partial charge in [-0.3, -0.25) is 9.59 Å². The molecule has 1 fully saturated rings. The third kappa shape index (κ3) is 4.99. The number of nitrogens with zero attached hydrogens (tertiary/aromatic N) is 4. The number of hydrogen-bond acceptors (Lipinski definition) is 7. The maximum absolute atomic E-state index is 13.3. The number of pyridine rings is 1. The van der Waals surface area contributed by atoms with Crippen molar-refractivity contribution >= 4 is 41.2 Å². The Morgan fingerprint density at radius 2 is 1.76 bits per heavy atom. The summed E-state index contributed by atoms with van der Waals surface area (Å²) in [5.41, 5.74) is 2.15. The molecule has 3 heterocycles. The highest BCUT2D eigenvalue weighted by Gasteiger charge is 2.29. The second kappa shape index (κ2) is 10.6. The van der Waals surface area contributed by atoms with Gasteiger partial charge in [0.25, 0.3) is 11.8 Å². The second-order valence-electron chi connectivity index (χ2n) is 8.74. The summed E-state index contributed by atoms with van der Waals surface area (Å²) in [6, 6.07) is 17.0. The van der Waals surface area contributed by atoms with Gasteiger partial charge in [-0.25, -0.2) is 4.98 Å². The zero-order valence-corrected chi connectivity index (χ0v) is 21.8. The van der Waals surface area contributed by atoms with Gasteiger partial charge in [0.15, 0.2) is 11.5 Å². The normalized spacial score (nSPS) is 16.6. The average molecular weight is 517 g/mol. The Kier molecular flexibility index (Phi) is 7.05. The van der Waals surface area contributed by atoms with Gasteiger partial charge in [-0.1, -0.05) is 23.9 Å². The summed E-state index contributed by atoms with van der Waals surface area (Å²) < 4.78 is 10.7. The van der Waals surface area contributed by atoms with Crippen molar-refractivity contribution in [1.29, 1.82) is 0 Å². The van der Waals surface area contributed by atoms with Crippen LogP contribution in [-0.2, 0) is 4.79 Å². The Hall–Kier alpha value is -3.98. The topological polar surface area (TPSA) is 75.2 Å². The maximum Gasteiger partial charge on any atom is 0.264 e. The summed E-state index contributed by atoms with van der Waals surface area (Å²) in [6.07, 6.45) is 3.62. The van der Waals surface area contributed by atoms with Crippen molar-refractivity contribution in [3.63, 3.8) is 0 Å². The third-order valence-electron chi connectivity index (χ3n) is 6.55. The minimum absolute atomic E-state index is 0.0269. The first-order valence-electron chi connectivity index (χ1n) is 12.0. The van der Waals surface area contributed by atoms with E-state index in [4.69, 9.17) is 9.47 Å². The van der Waals surface area contributed by atoms with Crippen molar-refractivity contribution < 1.29 is 19.1 Å². The lowest BCUT2D eigenvalue weighted by Crippen LogP contribution is -2.49. The predicted octanol–water partition coefficient (Wildman–Crippen LogP) is 4.17. The number of aromatic nitrogens is 1. The van der Waals surface area contributed by atoms with Crippen LogP contribution in [0.2, 0.25) is 0 Å². The van der Waals surface area contributed by atoms with Crippen molar-refractivity contribution in [1.82, 2.24) is 9.88 Å². The number of methoxy groups -OCH3 is 2. The lowest BCUT2D eigenvalue weighted by atomic mass is 10.1. The van der Waals surface area contributed by atoms with Gasteiger partial charge in [0.2, 0.25) is 0 Å². The van der Waals surface area contributed by atoms with E-state index in [-0.39, 0.29) is 11.8 Å². The van der Waals surface area contributed by atoms with Crippen molar-refractivity contribution in [2.45, 2.75) is 4.90 Å². The molecule has 0 spiro atoms. The molecule has 0 bridgehead atoms. The van der Waals surface area contributed by atoms with E-state index in [1.807, 2.05) is 65.6 Å². The Morgan fingerprint density at radius 3 is 2.46 bits per heavy atom. The second-order valence-corrected chi connectivity index (χ2v) is 9.82. The number of fused-ring (bicyclic) bond motifs is 1. The monoisotopic (exact) mass is 516 g/mol. The number of anilines is 2. The number of rotatable bonds is 5. The molecule has 5 rings (SSSR count). The number of benzene rings is 2. The van der Waals surface area contributed by atoms with E-state index in [1.165, 1.54) is 11.8 Å². The third-order valence-corrected chi connectivity index (χ3v) is 7.63. The number of hydrogen-bond donors (Lipinski definition) is 0. The van der Waals surface area contributed by atoms with Gasteiger partial charge < -0.3 is 24.2 Å². The smallest absolute Gasteiger partial charge is 0.264 e. The standard InChI is InChI=1S/C28H28N4O4S/c1-30-21-18-20(27(33)32-14-12-31(13-15-32)26-6-4-5-11-29-26)8-10-24(21)37-25(28(30)34)17-19-7-9-22(35-2)23(16-19)36-3/h4-11,16-18H,12-15H2,1-3H3/b25-17-. The lowest BCUT2D eigenvalue weighted by Gasteiger charge is -2.35. The van der Waals surface area contributed by atoms with Crippen LogP contribution in [0, 0.1) is 0 Å². The van der Waals surface area contributed by atoms with Crippen LogP contribution in [0.3, 0.4) is 0 Å². The quantitative estimate of drug-likeness (QED) is 0.471. The molecule has 190 valence electrons. The minimum atomic E-state index is -0.124. The highest BCUT2D eigenvalue weighted by atomic mass is 32.2. The molecule has 1 saturated heterocycles. The Balaban J connectivity index is 1.32. The fourth-order valence-electron chi connectivity index (χ4n) is 4.48. The number of carbonyl (C=O) groups is 2. The van der Waals surface area contributed by atoms with Gasteiger partial charge in [-0.05, 0) is 54.1 Å². The number of piperazine rings is 1. The number of carbonyl (C=O) groups excluding carboxylic acids is 2. The van der Waals surface area contributed by atoms with E-state index in [1.54, 1.807) is 32.4 Å². The largest absolute Gasteiger partial charge is 0.493 e. The SMILES string of the molecule is COc1ccc(/C=C2\Sc3ccc(C(=O)N4CCN(c5ccccn5)CC4)cc3N(C)C2=O)cc1OC. The van der Waals surface area contributed by atoms with Gasteiger partial charge in [0.1, 0.15) is 5.82 Å². The number of likely N-dealkylation sites (N-methyl/N-ethyl adjacent to an activating group) is 1. The van der Waals surface area contributed by atoms with Crippen molar-refractivity contribution in [3.05, 3.63) is 76.8 Å². The highest BCUT2D eigenvalue weighted by molar-refractivity contribution is 8.04. The minimum Gasteiger partial charge on any atom is -0.493 e. The molecule has 0 aliphatic carbocycles. The summed E-state index contributed by atoms with van der Waals surface area (Å²) in [7, 11) is 4.91. The molecule has 9 heteroatoms. The predicted molar refractivity (Wildman–Crippen MR) is 146 cm³/mol. The Morgan fingerprint density at radius 1 is 0.973 bits per heavy atom. The maximum atomic E-state index is 13.3. The molecule has 2 aromatic carbocycles. The van der Waals surface area contributed by atoms with Gasteiger partial charge in [0, 0.05) is 49.9 Å². The van der Waals surface area contributed by atoms with E-state index >= 15 is 0 Å². The Bertz CT molecular complexity index is 1350. The van der Waals surface area contributed by atoms with Gasteiger partial charge >= 0.3 is 0 Å². The summed E-state index contributed by atoms with van der Waals surface area (Å²) in [6.45, 7) is 2.70. The van der Waals surface area contributed by atoms with Crippen LogP contribution in [0.15, 0.2) is 70.6 Å². The fraction of sp³-hybridized carbons (Fsp3) is 0.250. The number of ether oxygens (including phenoxy) is 2. The molecular formula is C28H28N4O4S. The van der Waals surface area contributed by atoms with Crippen LogP contribution in [0.1, 0.15) is 15.9 Å². The molecule has 0 saturated carbocycles. The molecule has 3 aromatic rings. The van der Waals surface area contributed by atoms with Crippen LogP contribution < -0.4 is 19.3 Å². The van der Waals surface area contributed by atoms with E-state index in [0.29, 0.717) is 35.1 Å². The lowest BCUT2D eigenvalue weighted by molar-refractivity contribution is -0.114. The molecule has 0 radical (unpaired) electrons. The summed E-state index contributed by atoms with van der Waals surface area (Å²) in [4.78, 5) is 38.1. The van der Waals surface area contributed by atoms with Gasteiger partial charge in [-0.15, -0.1) is 0 Å². The van der Waals surface area contributed by atoms with Crippen LogP contribution in [0.5, 0.6) is 11.5 Å². The molecule has 0 unspecified atom stereocenters. The molecule has 2 aliphatic heterocycles. The van der Waals surface area contributed by atoms with Crippen molar-refractivity contribution in [3.8, 4) is 11.5 Å². The zero-order valence-electron chi connectivity index (χ0n) is 21.0. The van der Waals surface area contributed by atoms with E-state index in [0.717, 1.165) is 35.1 Å². The summed E-state index contributed by atoms with van der Waals surface area (Å²) >= 11 is 1.40. The molecule has 37 heavy (non-hydrogen) atoms. The van der Waals surface area contributed by atoms with Crippen LogP contribution >= 0.6 is 11.8 Å². The van der Waals surface area contributed by atoms with E-state index in [2.05, 4.69) is 9.88 Å². The number of thioether (sulfide) groups is 1. The van der Waals surface area contributed by atoms with Crippen molar-refractivity contribution in [2.75, 3.05) is 57.2 Å². The molecule has 0 atom stereocenters. The molecule has 8 nitrogen and oxygen atoms in total.